The first kappa shape index (κ1) is 21.3. The third-order valence-electron chi connectivity index (χ3n) is 5.12. The van der Waals surface area contributed by atoms with Crippen LogP contribution in [0.4, 0.5) is 4.39 Å². The summed E-state index contributed by atoms with van der Waals surface area (Å²) < 4.78 is 25.3. The minimum atomic E-state index is -0.207. The smallest absolute Gasteiger partial charge is 0.225 e. The van der Waals surface area contributed by atoms with Gasteiger partial charge in [0.1, 0.15) is 11.6 Å². The van der Waals surface area contributed by atoms with Crippen LogP contribution in [0, 0.1) is 11.7 Å². The van der Waals surface area contributed by atoms with E-state index in [0.29, 0.717) is 31.7 Å². The third kappa shape index (κ3) is 6.29. The van der Waals surface area contributed by atoms with Crippen LogP contribution < -0.4 is 4.74 Å². The van der Waals surface area contributed by atoms with Crippen molar-refractivity contribution in [1.29, 1.82) is 0 Å². The van der Waals surface area contributed by atoms with Gasteiger partial charge in [0.25, 0.3) is 0 Å². The Morgan fingerprint density at radius 3 is 2.79 bits per heavy atom. The maximum Gasteiger partial charge on any atom is 0.225 e. The fraction of sp³-hybridized carbons (Fsp3) is 0.458. The van der Waals surface area contributed by atoms with Gasteiger partial charge in [0.2, 0.25) is 5.91 Å². The zero-order valence-corrected chi connectivity index (χ0v) is 17.3. The van der Waals surface area contributed by atoms with E-state index < -0.39 is 0 Å². The minimum Gasteiger partial charge on any atom is -0.493 e. The lowest BCUT2D eigenvalue weighted by molar-refractivity contribution is -0.136. The van der Waals surface area contributed by atoms with Crippen LogP contribution in [0.2, 0.25) is 0 Å². The Morgan fingerprint density at radius 1 is 1.24 bits per heavy atom. The van der Waals surface area contributed by atoms with Crippen LogP contribution in [0.1, 0.15) is 37.8 Å². The molecule has 1 aliphatic heterocycles. The highest BCUT2D eigenvalue weighted by molar-refractivity contribution is 5.78. The number of halogens is 1. The molecule has 0 radical (unpaired) electrons. The van der Waals surface area contributed by atoms with Crippen LogP contribution in [0.25, 0.3) is 0 Å². The van der Waals surface area contributed by atoms with Gasteiger partial charge in [-0.05, 0) is 42.2 Å². The van der Waals surface area contributed by atoms with Gasteiger partial charge in [-0.1, -0.05) is 44.2 Å². The number of nitrogens with zero attached hydrogens (tertiary/aromatic N) is 1. The first-order valence-corrected chi connectivity index (χ1v) is 10.4. The number of carbonyl (C=O) groups is 1. The van der Waals surface area contributed by atoms with Crippen molar-refractivity contribution in [3.05, 3.63) is 65.5 Å². The second-order valence-electron chi connectivity index (χ2n) is 7.85. The van der Waals surface area contributed by atoms with E-state index >= 15 is 0 Å². The number of amides is 1. The molecule has 1 fully saturated rings. The Hall–Kier alpha value is -2.40. The first-order chi connectivity index (χ1) is 14.0. The lowest BCUT2D eigenvalue weighted by Gasteiger charge is -2.27. The molecule has 0 aliphatic carbocycles. The molecule has 0 aromatic heterocycles. The zero-order chi connectivity index (χ0) is 20.6. The first-order valence-electron chi connectivity index (χ1n) is 10.4. The quantitative estimate of drug-likeness (QED) is 0.618. The molecule has 1 amide bonds. The van der Waals surface area contributed by atoms with E-state index in [1.54, 1.807) is 12.1 Å². The second kappa shape index (κ2) is 10.4. The normalized spacial score (nSPS) is 16.2. The number of rotatable bonds is 9. The van der Waals surface area contributed by atoms with Gasteiger partial charge in [0.15, 0.2) is 0 Å². The monoisotopic (exact) mass is 399 g/mol. The highest BCUT2D eigenvalue weighted by atomic mass is 19.1. The Balaban J connectivity index is 1.60. The topological polar surface area (TPSA) is 38.8 Å². The van der Waals surface area contributed by atoms with Gasteiger partial charge >= 0.3 is 0 Å². The van der Waals surface area contributed by atoms with Crippen molar-refractivity contribution in [1.82, 2.24) is 4.90 Å². The summed E-state index contributed by atoms with van der Waals surface area (Å²) >= 11 is 0. The SMILES string of the molecule is CC(C)C(=O)N(Cc1cccc(OCCc2ccccc2F)c1)C[C@H]1CCCO1. The molecule has 0 bridgehead atoms. The van der Waals surface area contributed by atoms with Gasteiger partial charge in [0.05, 0.1) is 12.7 Å². The van der Waals surface area contributed by atoms with Crippen molar-refractivity contribution < 1.29 is 18.7 Å². The van der Waals surface area contributed by atoms with Crippen molar-refractivity contribution in [3.63, 3.8) is 0 Å². The van der Waals surface area contributed by atoms with Crippen LogP contribution in [0.3, 0.4) is 0 Å². The van der Waals surface area contributed by atoms with Crippen molar-refractivity contribution in [2.24, 2.45) is 5.92 Å². The van der Waals surface area contributed by atoms with Crippen LogP contribution >= 0.6 is 0 Å². The van der Waals surface area contributed by atoms with Crippen LogP contribution in [-0.4, -0.2) is 36.7 Å². The molecular formula is C24H30FNO3. The summed E-state index contributed by atoms with van der Waals surface area (Å²) in [5, 5.41) is 0. The molecule has 2 aromatic rings. The van der Waals surface area contributed by atoms with Crippen molar-refractivity contribution >= 4 is 5.91 Å². The number of hydrogen-bond donors (Lipinski definition) is 0. The third-order valence-corrected chi connectivity index (χ3v) is 5.12. The van der Waals surface area contributed by atoms with Gasteiger partial charge in [-0.25, -0.2) is 4.39 Å². The van der Waals surface area contributed by atoms with Crippen molar-refractivity contribution in [2.75, 3.05) is 19.8 Å². The summed E-state index contributed by atoms with van der Waals surface area (Å²) in [6.45, 7) is 6.17. The predicted octanol–water partition coefficient (Wildman–Crippen LogP) is 4.61. The van der Waals surface area contributed by atoms with Gasteiger partial charge in [0, 0.05) is 32.0 Å². The average molecular weight is 400 g/mol. The molecule has 0 saturated carbocycles. The maximum atomic E-state index is 13.7. The molecule has 3 rings (SSSR count). The largest absolute Gasteiger partial charge is 0.493 e. The fourth-order valence-electron chi connectivity index (χ4n) is 3.57. The van der Waals surface area contributed by atoms with E-state index in [2.05, 4.69) is 0 Å². The summed E-state index contributed by atoms with van der Waals surface area (Å²) in [7, 11) is 0. The van der Waals surface area contributed by atoms with Crippen molar-refractivity contribution in [3.8, 4) is 5.75 Å². The molecule has 0 unspecified atom stereocenters. The Kier molecular flexibility index (Phi) is 7.64. The lowest BCUT2D eigenvalue weighted by Crippen LogP contribution is -2.39. The Labute approximate surface area is 172 Å². The lowest BCUT2D eigenvalue weighted by atomic mass is 10.1. The molecule has 156 valence electrons. The highest BCUT2D eigenvalue weighted by Gasteiger charge is 2.24. The van der Waals surface area contributed by atoms with Crippen LogP contribution in [0.5, 0.6) is 5.75 Å². The van der Waals surface area contributed by atoms with E-state index in [1.807, 2.05) is 49.1 Å². The van der Waals surface area contributed by atoms with E-state index in [1.165, 1.54) is 6.07 Å². The van der Waals surface area contributed by atoms with Gasteiger partial charge in [-0.3, -0.25) is 4.79 Å². The van der Waals surface area contributed by atoms with Gasteiger partial charge in [-0.2, -0.15) is 0 Å². The molecule has 1 saturated heterocycles. The molecule has 0 spiro atoms. The molecule has 29 heavy (non-hydrogen) atoms. The fourth-order valence-corrected chi connectivity index (χ4v) is 3.57. The summed E-state index contributed by atoms with van der Waals surface area (Å²) in [5.41, 5.74) is 1.66. The van der Waals surface area contributed by atoms with Gasteiger partial charge in [-0.15, -0.1) is 0 Å². The van der Waals surface area contributed by atoms with E-state index in [-0.39, 0.29) is 23.7 Å². The Morgan fingerprint density at radius 2 is 2.07 bits per heavy atom. The molecular weight excluding hydrogens is 369 g/mol. The van der Waals surface area contributed by atoms with E-state index in [4.69, 9.17) is 9.47 Å². The Bertz CT molecular complexity index is 802. The molecule has 1 atom stereocenters. The van der Waals surface area contributed by atoms with Crippen LogP contribution in [-0.2, 0) is 22.5 Å². The molecule has 2 aromatic carbocycles. The van der Waals surface area contributed by atoms with E-state index in [9.17, 15) is 9.18 Å². The zero-order valence-electron chi connectivity index (χ0n) is 17.3. The minimum absolute atomic E-state index is 0.0587. The number of benzene rings is 2. The summed E-state index contributed by atoms with van der Waals surface area (Å²) in [6.07, 6.45) is 2.69. The second-order valence-corrected chi connectivity index (χ2v) is 7.85. The van der Waals surface area contributed by atoms with Crippen LogP contribution in [0.15, 0.2) is 48.5 Å². The summed E-state index contributed by atoms with van der Waals surface area (Å²) in [4.78, 5) is 14.6. The molecule has 0 N–H and O–H groups in total. The van der Waals surface area contributed by atoms with E-state index in [0.717, 1.165) is 30.8 Å². The highest BCUT2D eigenvalue weighted by Crippen LogP contribution is 2.20. The van der Waals surface area contributed by atoms with Gasteiger partial charge < -0.3 is 14.4 Å². The molecule has 1 heterocycles. The number of hydrogen-bond acceptors (Lipinski definition) is 3. The summed E-state index contributed by atoms with van der Waals surface area (Å²) in [5.74, 6) is 0.595. The molecule has 4 nitrogen and oxygen atoms in total. The standard InChI is InChI=1S/C24H30FNO3/c1-18(2)24(27)26(17-22-10-6-13-28-22)16-19-7-5-9-21(15-19)29-14-12-20-8-3-4-11-23(20)25/h3-5,7-9,11,15,18,22H,6,10,12-14,16-17H2,1-2H3/t22-/m1/s1. The maximum absolute atomic E-state index is 13.7. The molecule has 1 aliphatic rings. The summed E-state index contributed by atoms with van der Waals surface area (Å²) in [6, 6.07) is 14.5. The number of carbonyl (C=O) groups excluding carboxylic acids is 1. The predicted molar refractivity (Wildman–Crippen MR) is 111 cm³/mol. The number of ether oxygens (including phenoxy) is 2. The van der Waals surface area contributed by atoms with Crippen molar-refractivity contribution in [2.45, 2.75) is 45.8 Å². The average Bonchev–Trinajstić information content (AvgIpc) is 3.22. The molecule has 5 heteroatoms.